The molecule has 0 saturated carbocycles. The molecule has 0 radical (unpaired) electrons. The van der Waals surface area contributed by atoms with Crippen molar-refractivity contribution in [1.29, 1.82) is 0 Å². The normalized spacial score (nSPS) is 13.8. The van der Waals surface area contributed by atoms with Crippen LogP contribution in [0.4, 0.5) is 5.82 Å². The van der Waals surface area contributed by atoms with E-state index in [1.165, 1.54) is 0 Å². The molecule has 4 aromatic rings. The number of fused-ring (bicyclic) bond motifs is 1. The molecule has 8 heteroatoms. The van der Waals surface area contributed by atoms with Gasteiger partial charge in [0.25, 0.3) is 5.91 Å². The van der Waals surface area contributed by atoms with Crippen LogP contribution in [0.25, 0.3) is 10.2 Å². The van der Waals surface area contributed by atoms with Crippen molar-refractivity contribution < 1.29 is 14.3 Å². The lowest BCUT2D eigenvalue weighted by Crippen LogP contribution is -2.50. The van der Waals surface area contributed by atoms with Crippen LogP contribution in [-0.2, 0) is 11.4 Å². The van der Waals surface area contributed by atoms with Crippen molar-refractivity contribution >= 4 is 33.3 Å². The molecular formula is C25H24N4O3S. The predicted octanol–water partition coefficient (Wildman–Crippen LogP) is 4.00. The molecule has 1 aliphatic heterocycles. The van der Waals surface area contributed by atoms with Crippen LogP contribution in [0.2, 0.25) is 0 Å². The summed E-state index contributed by atoms with van der Waals surface area (Å²) in [5.74, 6) is 2.34. The van der Waals surface area contributed by atoms with Crippen LogP contribution in [0, 0.1) is 0 Å². The zero-order valence-corrected chi connectivity index (χ0v) is 18.9. The van der Waals surface area contributed by atoms with E-state index in [2.05, 4.69) is 20.9 Å². The quantitative estimate of drug-likeness (QED) is 0.415. The predicted molar refractivity (Wildman–Crippen MR) is 129 cm³/mol. The molecule has 2 aromatic carbocycles. The molecule has 5 rings (SSSR count). The van der Waals surface area contributed by atoms with Gasteiger partial charge in [0.1, 0.15) is 35.1 Å². The van der Waals surface area contributed by atoms with Crippen molar-refractivity contribution in [2.45, 2.75) is 6.61 Å². The number of carbonyl (C=O) groups is 1. The van der Waals surface area contributed by atoms with E-state index in [4.69, 9.17) is 9.47 Å². The molecule has 168 valence electrons. The van der Waals surface area contributed by atoms with Gasteiger partial charge in [-0.05, 0) is 41.3 Å². The Hall–Kier alpha value is -3.65. The highest BCUT2D eigenvalue weighted by molar-refractivity contribution is 7.16. The molecule has 1 fully saturated rings. The van der Waals surface area contributed by atoms with Gasteiger partial charge in [-0.1, -0.05) is 30.3 Å². The highest BCUT2D eigenvalue weighted by atomic mass is 32.1. The molecule has 0 unspecified atom stereocenters. The van der Waals surface area contributed by atoms with E-state index in [1.807, 2.05) is 64.9 Å². The Morgan fingerprint density at radius 1 is 0.879 bits per heavy atom. The molecule has 33 heavy (non-hydrogen) atoms. The van der Waals surface area contributed by atoms with Gasteiger partial charge in [0.15, 0.2) is 6.61 Å². The molecule has 1 saturated heterocycles. The number of aromatic nitrogens is 2. The third kappa shape index (κ3) is 5.06. The number of piperazine rings is 1. The van der Waals surface area contributed by atoms with Crippen molar-refractivity contribution in [1.82, 2.24) is 14.9 Å². The minimum atomic E-state index is -0.0116. The van der Waals surface area contributed by atoms with Gasteiger partial charge in [0.2, 0.25) is 0 Å². The summed E-state index contributed by atoms with van der Waals surface area (Å²) in [6.45, 7) is 3.29. The van der Waals surface area contributed by atoms with Crippen molar-refractivity contribution in [3.8, 4) is 11.5 Å². The average molecular weight is 461 g/mol. The number of ether oxygens (including phenoxy) is 2. The lowest BCUT2D eigenvalue weighted by Gasteiger charge is -2.35. The number of carbonyl (C=O) groups excluding carboxylic acids is 1. The van der Waals surface area contributed by atoms with Crippen LogP contribution in [0.3, 0.4) is 0 Å². The van der Waals surface area contributed by atoms with Gasteiger partial charge in [-0.2, -0.15) is 0 Å². The van der Waals surface area contributed by atoms with Crippen molar-refractivity contribution in [3.05, 3.63) is 77.9 Å². The average Bonchev–Trinajstić information content (AvgIpc) is 3.37. The fourth-order valence-electron chi connectivity index (χ4n) is 3.81. The Morgan fingerprint density at radius 2 is 1.61 bits per heavy atom. The van der Waals surface area contributed by atoms with Gasteiger partial charge in [0.05, 0.1) is 5.39 Å². The lowest BCUT2D eigenvalue weighted by atomic mass is 10.2. The molecule has 1 amide bonds. The molecule has 0 aliphatic carbocycles. The zero-order chi connectivity index (χ0) is 22.5. The first kappa shape index (κ1) is 21.2. The molecule has 7 nitrogen and oxygen atoms in total. The monoisotopic (exact) mass is 460 g/mol. The molecule has 0 bridgehead atoms. The fourth-order valence-corrected chi connectivity index (χ4v) is 4.53. The van der Waals surface area contributed by atoms with Gasteiger partial charge in [-0.25, -0.2) is 9.97 Å². The Kier molecular flexibility index (Phi) is 6.34. The third-order valence-corrected chi connectivity index (χ3v) is 6.43. The maximum Gasteiger partial charge on any atom is 0.260 e. The first-order valence-corrected chi connectivity index (χ1v) is 11.7. The summed E-state index contributed by atoms with van der Waals surface area (Å²) in [6.07, 6.45) is 1.61. The Bertz CT molecular complexity index is 1210. The van der Waals surface area contributed by atoms with E-state index in [9.17, 15) is 4.79 Å². The van der Waals surface area contributed by atoms with Gasteiger partial charge >= 0.3 is 0 Å². The highest BCUT2D eigenvalue weighted by Crippen LogP contribution is 2.27. The summed E-state index contributed by atoms with van der Waals surface area (Å²) in [5.41, 5.74) is 1.11. The van der Waals surface area contributed by atoms with Crippen LogP contribution in [0.5, 0.6) is 11.5 Å². The SMILES string of the molecule is O=C(COc1ccc(OCc2ccccc2)cc1)N1CCN(c2ncnc3sccc23)CC1. The van der Waals surface area contributed by atoms with Crippen LogP contribution < -0.4 is 14.4 Å². The van der Waals surface area contributed by atoms with Gasteiger partial charge < -0.3 is 19.3 Å². The number of benzene rings is 2. The van der Waals surface area contributed by atoms with Crippen LogP contribution in [-0.4, -0.2) is 53.6 Å². The van der Waals surface area contributed by atoms with Crippen LogP contribution in [0.15, 0.2) is 72.4 Å². The van der Waals surface area contributed by atoms with Crippen molar-refractivity contribution in [2.75, 3.05) is 37.7 Å². The molecule has 1 aliphatic rings. The molecule has 0 N–H and O–H groups in total. The number of nitrogens with zero attached hydrogens (tertiary/aromatic N) is 4. The van der Waals surface area contributed by atoms with E-state index >= 15 is 0 Å². The van der Waals surface area contributed by atoms with E-state index in [0.717, 1.165) is 40.4 Å². The minimum Gasteiger partial charge on any atom is -0.489 e. The van der Waals surface area contributed by atoms with Crippen LogP contribution >= 0.6 is 11.3 Å². The zero-order valence-electron chi connectivity index (χ0n) is 18.1. The molecular weight excluding hydrogens is 436 g/mol. The van der Waals surface area contributed by atoms with Gasteiger partial charge in [0, 0.05) is 26.2 Å². The van der Waals surface area contributed by atoms with Gasteiger partial charge in [-0.15, -0.1) is 11.3 Å². The maximum atomic E-state index is 12.6. The summed E-state index contributed by atoms with van der Waals surface area (Å²) >= 11 is 1.61. The lowest BCUT2D eigenvalue weighted by molar-refractivity contribution is -0.133. The summed E-state index contributed by atoms with van der Waals surface area (Å²) < 4.78 is 11.5. The number of anilines is 1. The highest BCUT2D eigenvalue weighted by Gasteiger charge is 2.23. The number of hydrogen-bond acceptors (Lipinski definition) is 7. The number of thiophene rings is 1. The minimum absolute atomic E-state index is 0.0116. The van der Waals surface area contributed by atoms with Crippen molar-refractivity contribution in [3.63, 3.8) is 0 Å². The molecule has 0 atom stereocenters. The second kappa shape index (κ2) is 9.87. The summed E-state index contributed by atoms with van der Waals surface area (Å²) in [5, 5.41) is 3.10. The topological polar surface area (TPSA) is 67.8 Å². The van der Waals surface area contributed by atoms with E-state index in [-0.39, 0.29) is 12.5 Å². The summed E-state index contributed by atoms with van der Waals surface area (Å²) in [6, 6.07) is 19.4. The van der Waals surface area contributed by atoms with E-state index in [0.29, 0.717) is 25.4 Å². The van der Waals surface area contributed by atoms with E-state index < -0.39 is 0 Å². The second-order valence-corrected chi connectivity index (χ2v) is 8.63. The Morgan fingerprint density at radius 3 is 2.36 bits per heavy atom. The van der Waals surface area contributed by atoms with Crippen LogP contribution in [0.1, 0.15) is 5.56 Å². The first-order valence-electron chi connectivity index (χ1n) is 10.9. The second-order valence-electron chi connectivity index (χ2n) is 7.74. The third-order valence-electron chi connectivity index (χ3n) is 5.61. The largest absolute Gasteiger partial charge is 0.489 e. The fraction of sp³-hybridized carbons (Fsp3) is 0.240. The summed E-state index contributed by atoms with van der Waals surface area (Å²) in [7, 11) is 0. The Labute approximate surface area is 196 Å². The number of amides is 1. The van der Waals surface area contributed by atoms with Gasteiger partial charge in [-0.3, -0.25) is 4.79 Å². The number of hydrogen-bond donors (Lipinski definition) is 0. The molecule has 3 heterocycles. The van der Waals surface area contributed by atoms with E-state index in [1.54, 1.807) is 17.7 Å². The molecule has 2 aromatic heterocycles. The number of rotatable bonds is 7. The smallest absolute Gasteiger partial charge is 0.260 e. The summed E-state index contributed by atoms with van der Waals surface area (Å²) in [4.78, 5) is 26.5. The molecule has 0 spiro atoms. The van der Waals surface area contributed by atoms with Crippen molar-refractivity contribution in [2.24, 2.45) is 0 Å². The standard InChI is InChI=1S/C25H24N4O3S/c30-23(17-32-21-8-6-20(7-9-21)31-16-19-4-2-1-3-5-19)28-11-13-29(14-12-28)24-22-10-15-33-25(22)27-18-26-24/h1-10,15,18H,11-14,16-17H2. The Balaban J connectivity index is 1.09. The maximum absolute atomic E-state index is 12.6. The first-order chi connectivity index (χ1) is 16.3.